The van der Waals surface area contributed by atoms with Crippen LogP contribution in [0.3, 0.4) is 0 Å². The van der Waals surface area contributed by atoms with Crippen LogP contribution >= 0.6 is 0 Å². The number of hydrogen-bond donors (Lipinski definition) is 1. The fourth-order valence-electron chi connectivity index (χ4n) is 2.56. The van der Waals surface area contributed by atoms with E-state index in [4.69, 9.17) is 0 Å². The third-order valence-electron chi connectivity index (χ3n) is 3.30. The Kier molecular flexibility index (Phi) is 4.70. The summed E-state index contributed by atoms with van der Waals surface area (Å²) in [5.41, 5.74) is 2.23. The third kappa shape index (κ3) is 4.53. The Morgan fingerprint density at radius 3 is 2.22 bits per heavy atom. The van der Waals surface area contributed by atoms with Crippen LogP contribution in [-0.2, 0) is 21.3 Å². The van der Waals surface area contributed by atoms with Crippen molar-refractivity contribution >= 4 is 15.5 Å². The molecule has 0 unspecified atom stereocenters. The van der Waals surface area contributed by atoms with Crippen LogP contribution < -0.4 is 0 Å². The average molecular weight is 335 g/mol. The standard InChI is InChI=1S/C16H17NO5S/c1-11-5-12(2)7-13(6-11)9-23(21,22)10-14-8-15(18)3-4-16(14)17(19)20/h3-8,18H,9-10H2,1-2H3. The number of aryl methyl sites for hydroxylation is 2. The van der Waals surface area contributed by atoms with Crippen LogP contribution in [0.2, 0.25) is 0 Å². The molecule has 0 saturated heterocycles. The Hall–Kier alpha value is -2.41. The minimum absolute atomic E-state index is 0.0145. The summed E-state index contributed by atoms with van der Waals surface area (Å²) in [6.45, 7) is 3.76. The van der Waals surface area contributed by atoms with E-state index in [2.05, 4.69) is 0 Å². The quantitative estimate of drug-likeness (QED) is 0.669. The van der Waals surface area contributed by atoms with Gasteiger partial charge < -0.3 is 5.11 Å². The second kappa shape index (κ2) is 6.37. The zero-order valence-electron chi connectivity index (χ0n) is 12.8. The molecule has 1 N–H and O–H groups in total. The third-order valence-corrected chi connectivity index (χ3v) is 4.83. The zero-order valence-corrected chi connectivity index (χ0v) is 13.6. The Morgan fingerprint density at radius 2 is 1.65 bits per heavy atom. The summed E-state index contributed by atoms with van der Waals surface area (Å²) in [6.07, 6.45) is 0. The first-order valence-electron chi connectivity index (χ1n) is 6.90. The summed E-state index contributed by atoms with van der Waals surface area (Å²) in [4.78, 5) is 10.3. The van der Waals surface area contributed by atoms with Gasteiger partial charge in [-0.1, -0.05) is 29.3 Å². The molecule has 7 heteroatoms. The predicted molar refractivity (Wildman–Crippen MR) is 87.0 cm³/mol. The molecule has 122 valence electrons. The number of aromatic hydroxyl groups is 1. The van der Waals surface area contributed by atoms with E-state index in [0.29, 0.717) is 5.56 Å². The van der Waals surface area contributed by atoms with E-state index in [9.17, 15) is 23.6 Å². The molecule has 0 heterocycles. The second-order valence-electron chi connectivity index (χ2n) is 5.60. The lowest BCUT2D eigenvalue weighted by atomic mass is 10.1. The largest absolute Gasteiger partial charge is 0.508 e. The molecule has 0 amide bonds. The number of nitrogens with zero attached hydrogens (tertiary/aromatic N) is 1. The van der Waals surface area contributed by atoms with E-state index in [0.717, 1.165) is 29.3 Å². The van der Waals surface area contributed by atoms with Gasteiger partial charge in [-0.25, -0.2) is 8.42 Å². The molecule has 0 fully saturated rings. The van der Waals surface area contributed by atoms with Gasteiger partial charge in [0.25, 0.3) is 5.69 Å². The predicted octanol–water partition coefficient (Wildman–Crippen LogP) is 3.03. The highest BCUT2D eigenvalue weighted by molar-refractivity contribution is 7.89. The normalized spacial score (nSPS) is 11.4. The fourth-order valence-corrected chi connectivity index (χ4v) is 4.04. The Balaban J connectivity index is 2.31. The lowest BCUT2D eigenvalue weighted by Crippen LogP contribution is -2.09. The highest BCUT2D eigenvalue weighted by Gasteiger charge is 2.21. The van der Waals surface area contributed by atoms with Crippen LogP contribution in [-0.4, -0.2) is 18.4 Å². The minimum atomic E-state index is -3.61. The Morgan fingerprint density at radius 1 is 1.04 bits per heavy atom. The van der Waals surface area contributed by atoms with Crippen LogP contribution in [0.25, 0.3) is 0 Å². The zero-order chi connectivity index (χ0) is 17.2. The molecule has 0 bridgehead atoms. The summed E-state index contributed by atoms with van der Waals surface area (Å²) >= 11 is 0. The Labute approximate surface area is 134 Å². The molecule has 0 aliphatic rings. The number of phenolic OH excluding ortho intramolecular Hbond substituents is 1. The molecule has 0 saturated carbocycles. The van der Waals surface area contributed by atoms with E-state index in [1.807, 2.05) is 19.9 Å². The molecule has 2 aromatic rings. The summed E-state index contributed by atoms with van der Waals surface area (Å²) in [6, 6.07) is 8.89. The first-order valence-corrected chi connectivity index (χ1v) is 8.72. The Bertz CT molecular complexity index is 839. The van der Waals surface area contributed by atoms with Crippen molar-refractivity contribution in [2.45, 2.75) is 25.4 Å². The maximum atomic E-state index is 12.4. The summed E-state index contributed by atoms with van der Waals surface area (Å²) in [7, 11) is -3.61. The highest BCUT2D eigenvalue weighted by atomic mass is 32.2. The van der Waals surface area contributed by atoms with Crippen molar-refractivity contribution in [1.29, 1.82) is 0 Å². The number of nitro benzene ring substituents is 1. The van der Waals surface area contributed by atoms with Gasteiger partial charge in [-0.3, -0.25) is 10.1 Å². The summed E-state index contributed by atoms with van der Waals surface area (Å²) in [5.74, 6) is -0.903. The van der Waals surface area contributed by atoms with Crippen molar-refractivity contribution < 1.29 is 18.4 Å². The van der Waals surface area contributed by atoms with Crippen LogP contribution in [0.1, 0.15) is 22.3 Å². The molecular weight excluding hydrogens is 318 g/mol. The van der Waals surface area contributed by atoms with Gasteiger partial charge in [-0.2, -0.15) is 0 Å². The summed E-state index contributed by atoms with van der Waals surface area (Å²) < 4.78 is 24.7. The molecule has 2 rings (SSSR count). The number of benzene rings is 2. The number of rotatable bonds is 5. The highest BCUT2D eigenvalue weighted by Crippen LogP contribution is 2.26. The monoisotopic (exact) mass is 335 g/mol. The molecule has 2 aromatic carbocycles. The molecule has 0 aliphatic carbocycles. The molecule has 23 heavy (non-hydrogen) atoms. The SMILES string of the molecule is Cc1cc(C)cc(CS(=O)(=O)Cc2cc(O)ccc2[N+](=O)[O-])c1. The van der Waals surface area contributed by atoms with Crippen molar-refractivity contribution in [3.63, 3.8) is 0 Å². The molecule has 6 nitrogen and oxygen atoms in total. The van der Waals surface area contributed by atoms with E-state index in [-0.39, 0.29) is 22.8 Å². The molecule has 0 aliphatic heterocycles. The first-order chi connectivity index (χ1) is 10.7. The van der Waals surface area contributed by atoms with Gasteiger partial charge in [0.05, 0.1) is 16.4 Å². The van der Waals surface area contributed by atoms with Crippen molar-refractivity contribution in [3.8, 4) is 5.75 Å². The van der Waals surface area contributed by atoms with Crippen LogP contribution in [0, 0.1) is 24.0 Å². The van der Waals surface area contributed by atoms with E-state index in [1.165, 1.54) is 0 Å². The van der Waals surface area contributed by atoms with E-state index in [1.54, 1.807) is 12.1 Å². The van der Waals surface area contributed by atoms with Crippen molar-refractivity contribution in [2.24, 2.45) is 0 Å². The molecule has 0 radical (unpaired) electrons. The maximum absolute atomic E-state index is 12.4. The van der Waals surface area contributed by atoms with E-state index >= 15 is 0 Å². The van der Waals surface area contributed by atoms with Gasteiger partial charge in [0.15, 0.2) is 9.84 Å². The number of hydrogen-bond acceptors (Lipinski definition) is 5. The molecular formula is C16H17NO5S. The van der Waals surface area contributed by atoms with Crippen LogP contribution in [0.15, 0.2) is 36.4 Å². The fraction of sp³-hybridized carbons (Fsp3) is 0.250. The number of phenols is 1. The first kappa shape index (κ1) is 17.0. The topological polar surface area (TPSA) is 97.5 Å². The lowest BCUT2D eigenvalue weighted by molar-refractivity contribution is -0.385. The van der Waals surface area contributed by atoms with Gasteiger partial charge in [0.1, 0.15) is 5.75 Å². The van der Waals surface area contributed by atoms with Crippen LogP contribution in [0.4, 0.5) is 5.69 Å². The summed E-state index contributed by atoms with van der Waals surface area (Å²) in [5, 5.41) is 20.5. The van der Waals surface area contributed by atoms with Gasteiger partial charge in [-0.15, -0.1) is 0 Å². The van der Waals surface area contributed by atoms with Crippen LogP contribution in [0.5, 0.6) is 5.75 Å². The number of nitro groups is 1. The molecule has 0 aromatic heterocycles. The minimum Gasteiger partial charge on any atom is -0.508 e. The maximum Gasteiger partial charge on any atom is 0.273 e. The second-order valence-corrected chi connectivity index (χ2v) is 7.66. The van der Waals surface area contributed by atoms with Gasteiger partial charge in [-0.05, 0) is 31.5 Å². The van der Waals surface area contributed by atoms with Crippen molar-refractivity contribution in [3.05, 3.63) is 68.8 Å². The molecule has 0 spiro atoms. The average Bonchev–Trinajstić information content (AvgIpc) is 2.35. The molecule has 0 atom stereocenters. The lowest BCUT2D eigenvalue weighted by Gasteiger charge is -2.08. The smallest absolute Gasteiger partial charge is 0.273 e. The van der Waals surface area contributed by atoms with E-state index < -0.39 is 20.5 Å². The number of sulfone groups is 1. The van der Waals surface area contributed by atoms with Gasteiger partial charge >= 0.3 is 0 Å². The van der Waals surface area contributed by atoms with Gasteiger partial charge in [0, 0.05) is 11.6 Å². The van der Waals surface area contributed by atoms with Gasteiger partial charge in [0.2, 0.25) is 0 Å². The van der Waals surface area contributed by atoms with Crippen molar-refractivity contribution in [2.75, 3.05) is 0 Å². The van der Waals surface area contributed by atoms with Crippen molar-refractivity contribution in [1.82, 2.24) is 0 Å².